The van der Waals surface area contributed by atoms with Gasteiger partial charge in [0.25, 0.3) is 0 Å². The van der Waals surface area contributed by atoms with Crippen LogP contribution in [0.3, 0.4) is 0 Å². The minimum absolute atomic E-state index is 0.214. The van der Waals surface area contributed by atoms with Gasteiger partial charge in [-0.05, 0) is 145 Å². The van der Waals surface area contributed by atoms with Gasteiger partial charge in [-0.3, -0.25) is 62.1 Å². The molecule has 13 aliphatic rings. The van der Waals surface area contributed by atoms with Crippen molar-refractivity contribution in [2.24, 2.45) is 47.3 Å². The third kappa shape index (κ3) is 8.88. The van der Waals surface area contributed by atoms with Gasteiger partial charge in [-0.25, -0.2) is 0 Å². The summed E-state index contributed by atoms with van der Waals surface area (Å²) in [6, 6.07) is 39.6. The molecule has 4 saturated carbocycles. The Balaban J connectivity index is 0.753. The Labute approximate surface area is 477 Å². The molecule has 0 radical (unpaired) electrons. The van der Waals surface area contributed by atoms with Gasteiger partial charge in [-0.1, -0.05) is 123 Å². The van der Waals surface area contributed by atoms with E-state index in [1.807, 2.05) is 0 Å². The van der Waals surface area contributed by atoms with E-state index in [1.54, 1.807) is 44.5 Å². The van der Waals surface area contributed by atoms with Crippen LogP contribution in [-0.2, 0) is 51.9 Å². The lowest BCUT2D eigenvalue weighted by Crippen LogP contribution is -2.63. The molecule has 4 aromatic rings. The van der Waals surface area contributed by atoms with Crippen molar-refractivity contribution in [1.29, 1.82) is 0 Å². The number of fused-ring (bicyclic) bond motifs is 24. The number of rotatable bonds is 4. The van der Waals surface area contributed by atoms with Crippen molar-refractivity contribution in [3.8, 4) is 0 Å². The molecule has 12 atom stereocenters. The van der Waals surface area contributed by atoms with Crippen LogP contribution in [0.5, 0.6) is 0 Å². The quantitative estimate of drug-likeness (QED) is 0.111. The molecule has 12 heteroatoms. The van der Waals surface area contributed by atoms with E-state index in [0.29, 0.717) is 71.5 Å². The summed E-state index contributed by atoms with van der Waals surface area (Å²) >= 11 is 0. The highest BCUT2D eigenvalue weighted by Crippen LogP contribution is 2.50. The Morgan fingerprint density at radius 1 is 0.250 bits per heavy atom. The second kappa shape index (κ2) is 21.2. The molecule has 9 fully saturated rings. The van der Waals surface area contributed by atoms with Crippen LogP contribution in [0.15, 0.2) is 97.1 Å². The lowest BCUT2D eigenvalue weighted by Gasteiger charge is -2.47. The van der Waals surface area contributed by atoms with Gasteiger partial charge in [-0.15, -0.1) is 0 Å². The van der Waals surface area contributed by atoms with E-state index in [9.17, 15) is 0 Å². The predicted octanol–water partition coefficient (Wildman–Crippen LogP) is 6.75. The first-order valence-electron chi connectivity index (χ1n) is 32.9. The zero-order chi connectivity index (χ0) is 52.4. The van der Waals surface area contributed by atoms with Gasteiger partial charge in [0.05, 0.1) is 49.3 Å². The zero-order valence-corrected chi connectivity index (χ0v) is 47.5. The fourth-order valence-electron chi connectivity index (χ4n) is 21.1. The summed E-state index contributed by atoms with van der Waals surface area (Å²) in [5.74, 6) is 4.24. The Hall–Kier alpha value is -3.60. The Kier molecular flexibility index (Phi) is 13.5. The maximum atomic E-state index is 4.66. The lowest BCUT2D eigenvalue weighted by atomic mass is 9.72. The molecule has 5 saturated heterocycles. The van der Waals surface area contributed by atoms with E-state index < -0.39 is 0 Å². The predicted molar refractivity (Wildman–Crippen MR) is 316 cm³/mol. The zero-order valence-electron chi connectivity index (χ0n) is 47.5. The molecule has 8 N–H and O–H groups in total. The van der Waals surface area contributed by atoms with Crippen molar-refractivity contribution in [2.75, 3.05) is 26.2 Å². The van der Waals surface area contributed by atoms with Crippen molar-refractivity contribution < 1.29 is 0 Å². The van der Waals surface area contributed by atoms with E-state index in [1.165, 1.54) is 103 Å². The number of nitrogens with one attached hydrogen (secondary N) is 8. The van der Waals surface area contributed by atoms with Gasteiger partial charge >= 0.3 is 0 Å². The SMILES string of the molecule is c1ccc2c(c1)CCN(C1CCCC3C4NC(NC5NC(NC6NC(NC7NC(N4)C4C7CCCC4N4CCc7ccccc7C4)C4C6CCCC4N4CCc6ccccc6C4)C4C5CCCC4N4CCc5ccccc5C4)C31)C2. The fraction of sp³-hybridized carbons (Fsp3) is 0.647. The molecule has 4 aromatic carbocycles. The molecule has 80 heavy (non-hydrogen) atoms. The number of hydrogen-bond acceptors (Lipinski definition) is 12. The molecule has 9 heterocycles. The molecule has 0 spiro atoms. The second-order valence-electron chi connectivity index (χ2n) is 28.1. The van der Waals surface area contributed by atoms with Crippen LogP contribution in [0.1, 0.15) is 122 Å². The molecule has 0 aromatic heterocycles. The first kappa shape index (κ1) is 50.9. The van der Waals surface area contributed by atoms with Crippen LogP contribution in [0.2, 0.25) is 0 Å². The average molecular weight is 1080 g/mol. The van der Waals surface area contributed by atoms with E-state index in [0.717, 1.165) is 51.9 Å². The molecule has 424 valence electrons. The van der Waals surface area contributed by atoms with Gasteiger partial charge in [0.15, 0.2) is 0 Å². The van der Waals surface area contributed by atoms with Crippen LogP contribution in [-0.4, -0.2) is 119 Å². The van der Waals surface area contributed by atoms with Crippen molar-refractivity contribution in [1.82, 2.24) is 62.1 Å². The highest BCUT2D eigenvalue weighted by atomic mass is 15.4. The monoisotopic (exact) mass is 1080 g/mol. The first-order valence-corrected chi connectivity index (χ1v) is 32.9. The van der Waals surface area contributed by atoms with Crippen molar-refractivity contribution in [3.05, 3.63) is 142 Å². The Morgan fingerprint density at radius 2 is 0.463 bits per heavy atom. The topological polar surface area (TPSA) is 109 Å². The van der Waals surface area contributed by atoms with Gasteiger partial charge in [0.1, 0.15) is 0 Å². The molecule has 4 aliphatic carbocycles. The summed E-state index contributed by atoms with van der Waals surface area (Å²) in [5, 5.41) is 36.9. The minimum Gasteiger partial charge on any atom is -0.295 e. The van der Waals surface area contributed by atoms with Crippen LogP contribution in [0.4, 0.5) is 0 Å². The normalized spacial score (nSPS) is 42.7. The van der Waals surface area contributed by atoms with E-state index >= 15 is 0 Å². The molecule has 9 aliphatic heterocycles. The van der Waals surface area contributed by atoms with Gasteiger partial charge in [-0.2, -0.15) is 0 Å². The maximum absolute atomic E-state index is 4.66. The summed E-state index contributed by atoms with van der Waals surface area (Å²) in [6.07, 6.45) is 22.0. The molecule has 8 bridgehead atoms. The Morgan fingerprint density at radius 3 is 0.688 bits per heavy atom. The second-order valence-corrected chi connectivity index (χ2v) is 28.1. The van der Waals surface area contributed by atoms with Crippen LogP contribution < -0.4 is 42.5 Å². The minimum atomic E-state index is 0.214. The number of hydrogen-bond donors (Lipinski definition) is 8. The van der Waals surface area contributed by atoms with Gasteiger partial charge < -0.3 is 0 Å². The molecular formula is C68H92N12. The summed E-state index contributed by atoms with van der Waals surface area (Å²) in [4.78, 5) is 11.8. The third-order valence-corrected chi connectivity index (χ3v) is 24.5. The van der Waals surface area contributed by atoms with Gasteiger partial charge in [0.2, 0.25) is 0 Å². The van der Waals surface area contributed by atoms with Gasteiger partial charge in [0, 0.05) is 100 Å². The van der Waals surface area contributed by atoms with E-state index in [4.69, 9.17) is 0 Å². The standard InChI is InChI=1S/C68H92N12/c1-5-17-45-37-77(33-29-41(45)13-1)53-25-9-21-49-57(53)65-69-61(49)74-66-59-51(23-11-27-55(59)79-35-31-43-15-3-7-19-47(43)39-79)63(71-66)76-68-60-52(24-12-28-56(60)80-36-32-44-16-4-8-20-48(44)40-80)64(72-68)75-67-58-50(62(70-67)73-65)22-10-26-54(58)78-34-30-42-14-2-6-18-46(42)38-78/h1-8,13-20,49-76H,9-12,21-40H2. The molecule has 12 nitrogen and oxygen atoms in total. The largest absolute Gasteiger partial charge is 0.295 e. The van der Waals surface area contributed by atoms with Crippen molar-refractivity contribution in [2.45, 2.75) is 202 Å². The highest BCUT2D eigenvalue weighted by Gasteiger charge is 2.60. The van der Waals surface area contributed by atoms with Crippen LogP contribution >= 0.6 is 0 Å². The molecular weight excluding hydrogens is 985 g/mol. The summed E-state index contributed by atoms with van der Waals surface area (Å²) in [7, 11) is 0. The maximum Gasteiger partial charge on any atom is 0.0643 e. The molecule has 0 amide bonds. The molecule has 12 unspecified atom stereocenters. The summed E-state index contributed by atoms with van der Waals surface area (Å²) < 4.78 is 0. The van der Waals surface area contributed by atoms with Crippen LogP contribution in [0.25, 0.3) is 0 Å². The number of nitrogens with zero attached hydrogens (tertiary/aromatic N) is 4. The van der Waals surface area contributed by atoms with Crippen LogP contribution in [0, 0.1) is 47.3 Å². The lowest BCUT2D eigenvalue weighted by molar-refractivity contribution is 0.0304. The molecule has 17 rings (SSSR count). The fourth-order valence-corrected chi connectivity index (χ4v) is 21.1. The van der Waals surface area contributed by atoms with Crippen molar-refractivity contribution >= 4 is 0 Å². The highest BCUT2D eigenvalue weighted by molar-refractivity contribution is 5.33. The third-order valence-electron chi connectivity index (χ3n) is 24.5. The summed E-state index contributed by atoms with van der Waals surface area (Å²) in [5.41, 5.74) is 12.5. The number of benzene rings is 4. The Bertz CT molecular complexity index is 2500. The van der Waals surface area contributed by atoms with E-state index in [2.05, 4.69) is 159 Å². The average Bonchev–Trinajstić information content (AvgIpc) is 4.33. The van der Waals surface area contributed by atoms with Crippen molar-refractivity contribution in [3.63, 3.8) is 0 Å². The smallest absolute Gasteiger partial charge is 0.0643 e. The first-order chi connectivity index (χ1) is 39.6. The van der Waals surface area contributed by atoms with E-state index in [-0.39, 0.29) is 49.3 Å². The summed E-state index contributed by atoms with van der Waals surface area (Å²) in [6.45, 7) is 9.00.